The van der Waals surface area contributed by atoms with E-state index in [2.05, 4.69) is 15.6 Å². The van der Waals surface area contributed by atoms with Crippen molar-refractivity contribution < 1.29 is 9.59 Å². The van der Waals surface area contributed by atoms with Gasteiger partial charge in [-0.05, 0) is 48.9 Å². The third-order valence-corrected chi connectivity index (χ3v) is 5.36. The minimum Gasteiger partial charge on any atom is -0.361 e. The van der Waals surface area contributed by atoms with Crippen LogP contribution < -0.4 is 10.6 Å². The van der Waals surface area contributed by atoms with E-state index < -0.39 is 11.8 Å². The van der Waals surface area contributed by atoms with Crippen LogP contribution in [-0.2, 0) is 9.59 Å². The molecule has 3 N–H and O–H groups in total. The average Bonchev–Trinajstić information content (AvgIpc) is 2.98. The van der Waals surface area contributed by atoms with E-state index in [0.717, 1.165) is 17.3 Å². The molecule has 0 saturated heterocycles. The number of aromatic nitrogens is 1. The highest BCUT2D eigenvalue weighted by Crippen LogP contribution is 2.56. The van der Waals surface area contributed by atoms with Crippen LogP contribution in [0.1, 0.15) is 38.5 Å². The molecule has 0 radical (unpaired) electrons. The average molecular weight is 311 g/mol. The highest BCUT2D eigenvalue weighted by atomic mass is 16.2. The van der Waals surface area contributed by atoms with Gasteiger partial charge in [0.15, 0.2) is 0 Å². The second kappa shape index (κ2) is 5.41. The van der Waals surface area contributed by atoms with Crippen molar-refractivity contribution in [1.29, 1.82) is 0 Å². The normalized spacial score (nSPS) is 22.0. The van der Waals surface area contributed by atoms with Gasteiger partial charge in [-0.3, -0.25) is 9.59 Å². The van der Waals surface area contributed by atoms with E-state index >= 15 is 0 Å². The van der Waals surface area contributed by atoms with E-state index in [4.69, 9.17) is 0 Å². The predicted octanol–water partition coefficient (Wildman–Crippen LogP) is 2.95. The summed E-state index contributed by atoms with van der Waals surface area (Å²) in [5.41, 5.74) is 1.93. The van der Waals surface area contributed by atoms with Crippen LogP contribution in [-0.4, -0.2) is 22.8 Å². The Balaban J connectivity index is 1.36. The van der Waals surface area contributed by atoms with Crippen molar-refractivity contribution in [2.45, 2.75) is 44.6 Å². The third-order valence-electron chi connectivity index (χ3n) is 5.36. The van der Waals surface area contributed by atoms with E-state index in [1.54, 1.807) is 6.07 Å². The Labute approximate surface area is 134 Å². The molecule has 2 fully saturated rings. The summed E-state index contributed by atoms with van der Waals surface area (Å²) >= 11 is 0. The monoisotopic (exact) mass is 311 g/mol. The van der Waals surface area contributed by atoms with Crippen LogP contribution in [0.4, 0.5) is 5.69 Å². The Hall–Kier alpha value is -2.30. The lowest BCUT2D eigenvalue weighted by molar-refractivity contribution is -0.136. The summed E-state index contributed by atoms with van der Waals surface area (Å²) in [6.07, 6.45) is 9.03. The third kappa shape index (κ3) is 2.71. The van der Waals surface area contributed by atoms with Gasteiger partial charge < -0.3 is 15.6 Å². The van der Waals surface area contributed by atoms with Crippen LogP contribution in [0.3, 0.4) is 0 Å². The topological polar surface area (TPSA) is 74.0 Å². The number of aromatic amines is 1. The fourth-order valence-electron chi connectivity index (χ4n) is 3.90. The molecule has 2 aliphatic rings. The largest absolute Gasteiger partial charge is 0.361 e. The van der Waals surface area contributed by atoms with E-state index in [-0.39, 0.29) is 11.5 Å². The van der Waals surface area contributed by atoms with Crippen LogP contribution in [0.2, 0.25) is 0 Å². The highest BCUT2D eigenvalue weighted by Gasteiger charge is 2.54. The number of fused-ring (bicyclic) bond motifs is 1. The molecule has 5 heteroatoms. The van der Waals surface area contributed by atoms with Gasteiger partial charge in [0.2, 0.25) is 0 Å². The predicted molar refractivity (Wildman–Crippen MR) is 89.0 cm³/mol. The van der Waals surface area contributed by atoms with Crippen molar-refractivity contribution in [3.05, 3.63) is 30.5 Å². The first-order chi connectivity index (χ1) is 11.2. The number of carbonyl (C=O) groups is 2. The lowest BCUT2D eigenvalue weighted by Crippen LogP contribution is -2.38. The molecule has 2 aromatic rings. The first-order valence-electron chi connectivity index (χ1n) is 8.35. The Bertz CT molecular complexity index is 758. The summed E-state index contributed by atoms with van der Waals surface area (Å²) in [6, 6.07) is 7.66. The zero-order valence-electron chi connectivity index (χ0n) is 13.0. The van der Waals surface area contributed by atoms with Gasteiger partial charge in [0.1, 0.15) is 0 Å². The smallest absolute Gasteiger partial charge is 0.313 e. The highest BCUT2D eigenvalue weighted by molar-refractivity contribution is 6.39. The molecule has 2 saturated carbocycles. The Morgan fingerprint density at radius 1 is 1.09 bits per heavy atom. The van der Waals surface area contributed by atoms with E-state index in [1.807, 2.05) is 24.4 Å². The van der Waals surface area contributed by atoms with E-state index in [0.29, 0.717) is 5.69 Å². The number of amides is 2. The molecule has 4 rings (SSSR count). The summed E-state index contributed by atoms with van der Waals surface area (Å²) in [4.78, 5) is 27.3. The van der Waals surface area contributed by atoms with Crippen molar-refractivity contribution in [3.8, 4) is 0 Å². The number of rotatable bonds is 2. The zero-order valence-corrected chi connectivity index (χ0v) is 13.0. The van der Waals surface area contributed by atoms with Crippen LogP contribution >= 0.6 is 0 Å². The molecule has 1 spiro atoms. The van der Waals surface area contributed by atoms with Gasteiger partial charge in [-0.2, -0.15) is 0 Å². The van der Waals surface area contributed by atoms with Gasteiger partial charge in [0.05, 0.1) is 0 Å². The van der Waals surface area contributed by atoms with Gasteiger partial charge >= 0.3 is 11.8 Å². The maximum absolute atomic E-state index is 12.1. The fraction of sp³-hybridized carbons (Fsp3) is 0.444. The molecule has 2 amide bonds. The molecule has 2 aliphatic carbocycles. The number of nitrogens with one attached hydrogen (secondary N) is 3. The lowest BCUT2D eigenvalue weighted by Gasteiger charge is -2.22. The Morgan fingerprint density at radius 2 is 1.91 bits per heavy atom. The molecule has 5 nitrogen and oxygen atoms in total. The van der Waals surface area contributed by atoms with Crippen LogP contribution in [0.25, 0.3) is 10.9 Å². The van der Waals surface area contributed by atoms with Gasteiger partial charge in [-0.15, -0.1) is 0 Å². The molecular formula is C18H21N3O2. The maximum Gasteiger partial charge on any atom is 0.313 e. The van der Waals surface area contributed by atoms with Crippen molar-refractivity contribution in [1.82, 2.24) is 10.3 Å². The summed E-state index contributed by atoms with van der Waals surface area (Å²) in [6.45, 7) is 0. The quantitative estimate of drug-likeness (QED) is 0.746. The summed E-state index contributed by atoms with van der Waals surface area (Å²) < 4.78 is 0. The SMILES string of the molecule is O=C(Nc1ccc2[nH]ccc2c1)C(=O)NC1CC12CCCCC2. The number of H-pyrrole nitrogens is 1. The Morgan fingerprint density at radius 3 is 2.74 bits per heavy atom. The molecule has 0 aliphatic heterocycles. The number of hydrogen-bond acceptors (Lipinski definition) is 2. The van der Waals surface area contributed by atoms with Crippen molar-refractivity contribution >= 4 is 28.4 Å². The molecule has 1 aromatic heterocycles. The molecule has 1 aromatic carbocycles. The van der Waals surface area contributed by atoms with Crippen LogP contribution in [0, 0.1) is 5.41 Å². The molecule has 120 valence electrons. The number of hydrogen-bond donors (Lipinski definition) is 3. The summed E-state index contributed by atoms with van der Waals surface area (Å²) in [5, 5.41) is 6.60. The molecular weight excluding hydrogens is 290 g/mol. The van der Waals surface area contributed by atoms with Gasteiger partial charge in [0, 0.05) is 28.8 Å². The fourth-order valence-corrected chi connectivity index (χ4v) is 3.90. The first kappa shape index (κ1) is 14.3. The molecule has 1 heterocycles. The molecule has 23 heavy (non-hydrogen) atoms. The molecule has 0 bridgehead atoms. The summed E-state index contributed by atoms with van der Waals surface area (Å²) in [5.74, 6) is -1.11. The number of anilines is 1. The van der Waals surface area contributed by atoms with Crippen molar-refractivity contribution in [2.75, 3.05) is 5.32 Å². The number of carbonyl (C=O) groups excluding carboxylic acids is 2. The molecule has 1 unspecified atom stereocenters. The summed E-state index contributed by atoms with van der Waals surface area (Å²) in [7, 11) is 0. The van der Waals surface area contributed by atoms with Gasteiger partial charge in [-0.25, -0.2) is 0 Å². The molecule has 1 atom stereocenters. The lowest BCUT2D eigenvalue weighted by atomic mass is 9.86. The minimum absolute atomic E-state index is 0.188. The second-order valence-electron chi connectivity index (χ2n) is 6.89. The second-order valence-corrected chi connectivity index (χ2v) is 6.89. The zero-order chi connectivity index (χ0) is 15.9. The van der Waals surface area contributed by atoms with Gasteiger partial charge in [-0.1, -0.05) is 19.3 Å². The van der Waals surface area contributed by atoms with Gasteiger partial charge in [0.25, 0.3) is 0 Å². The van der Waals surface area contributed by atoms with Crippen molar-refractivity contribution in [2.24, 2.45) is 5.41 Å². The maximum atomic E-state index is 12.1. The van der Waals surface area contributed by atoms with Crippen LogP contribution in [0.5, 0.6) is 0 Å². The first-order valence-corrected chi connectivity index (χ1v) is 8.35. The minimum atomic E-state index is -0.585. The van der Waals surface area contributed by atoms with E-state index in [1.165, 1.54) is 32.1 Å². The number of benzene rings is 1. The van der Waals surface area contributed by atoms with E-state index in [9.17, 15) is 9.59 Å². The van der Waals surface area contributed by atoms with Crippen LogP contribution in [0.15, 0.2) is 30.5 Å². The van der Waals surface area contributed by atoms with Crippen molar-refractivity contribution in [3.63, 3.8) is 0 Å². The standard InChI is InChI=1S/C18H21N3O2/c22-16(20-13-4-5-14-12(10-13)6-9-19-14)17(23)21-15-11-18(15)7-2-1-3-8-18/h4-6,9-10,15,19H,1-3,7-8,11H2,(H,20,22)(H,21,23). The Kier molecular flexibility index (Phi) is 3.36.